The van der Waals surface area contributed by atoms with Crippen molar-refractivity contribution in [1.29, 1.82) is 0 Å². The number of hydrogen-bond donors (Lipinski definition) is 2. The Kier molecular flexibility index (Phi) is 2.86. The summed E-state index contributed by atoms with van der Waals surface area (Å²) in [6, 6.07) is 7.42. The maximum absolute atomic E-state index is 12.0. The summed E-state index contributed by atoms with van der Waals surface area (Å²) in [5.41, 5.74) is 1.69. The highest BCUT2D eigenvalue weighted by atomic mass is 16.3. The van der Waals surface area contributed by atoms with Gasteiger partial charge in [0.1, 0.15) is 0 Å². The lowest BCUT2D eigenvalue weighted by Gasteiger charge is -2.13. The van der Waals surface area contributed by atoms with E-state index in [-0.39, 0.29) is 11.8 Å². The Morgan fingerprint density at radius 2 is 1.83 bits per heavy atom. The van der Waals surface area contributed by atoms with Crippen molar-refractivity contribution in [1.82, 2.24) is 0 Å². The van der Waals surface area contributed by atoms with Crippen LogP contribution < -0.4 is 5.32 Å². The summed E-state index contributed by atoms with van der Waals surface area (Å²) in [6.45, 7) is 1.73. The fraction of sp³-hybridized carbons (Fsp3) is 0.533. The van der Waals surface area contributed by atoms with Crippen LogP contribution in [0.1, 0.15) is 37.9 Å². The van der Waals surface area contributed by atoms with E-state index in [0.717, 1.165) is 35.9 Å². The zero-order chi connectivity index (χ0) is 12.7. The van der Waals surface area contributed by atoms with Gasteiger partial charge in [-0.05, 0) is 55.7 Å². The molecule has 2 N–H and O–H groups in total. The van der Waals surface area contributed by atoms with E-state index in [1.54, 1.807) is 6.92 Å². The van der Waals surface area contributed by atoms with Gasteiger partial charge in [0.2, 0.25) is 5.91 Å². The second kappa shape index (κ2) is 4.39. The maximum atomic E-state index is 12.0. The number of hydrogen-bond acceptors (Lipinski definition) is 2. The molecular formula is C15H19NO2. The van der Waals surface area contributed by atoms with Crippen LogP contribution in [0.5, 0.6) is 0 Å². The molecule has 3 heteroatoms. The average molecular weight is 245 g/mol. The second-order valence-electron chi connectivity index (χ2n) is 5.71. The lowest BCUT2D eigenvalue weighted by atomic mass is 10.0. The molecule has 0 saturated heterocycles. The van der Waals surface area contributed by atoms with Crippen LogP contribution in [-0.2, 0) is 4.79 Å². The van der Waals surface area contributed by atoms with E-state index in [1.807, 2.05) is 24.3 Å². The van der Waals surface area contributed by atoms with Gasteiger partial charge in [-0.25, -0.2) is 0 Å². The molecule has 2 fully saturated rings. The molecule has 3 rings (SSSR count). The van der Waals surface area contributed by atoms with Crippen LogP contribution in [0.2, 0.25) is 0 Å². The van der Waals surface area contributed by atoms with Gasteiger partial charge < -0.3 is 10.4 Å². The predicted molar refractivity (Wildman–Crippen MR) is 70.0 cm³/mol. The number of amides is 1. The number of rotatable bonds is 3. The summed E-state index contributed by atoms with van der Waals surface area (Å²) >= 11 is 0. The van der Waals surface area contributed by atoms with Crippen LogP contribution in [-0.4, -0.2) is 11.0 Å². The van der Waals surface area contributed by atoms with E-state index in [0.29, 0.717) is 0 Å². The third-order valence-corrected chi connectivity index (χ3v) is 4.27. The minimum atomic E-state index is -0.461. The molecule has 18 heavy (non-hydrogen) atoms. The first-order valence-corrected chi connectivity index (χ1v) is 6.72. The third kappa shape index (κ3) is 2.27. The molecule has 0 spiro atoms. The van der Waals surface area contributed by atoms with Gasteiger partial charge in [-0.15, -0.1) is 0 Å². The van der Waals surface area contributed by atoms with Gasteiger partial charge in [-0.1, -0.05) is 12.1 Å². The summed E-state index contributed by atoms with van der Waals surface area (Å²) in [5, 5.41) is 12.4. The summed E-state index contributed by atoms with van der Waals surface area (Å²) in [7, 11) is 0. The highest BCUT2D eigenvalue weighted by molar-refractivity contribution is 5.92. The van der Waals surface area contributed by atoms with Crippen LogP contribution in [0.4, 0.5) is 5.69 Å². The zero-order valence-corrected chi connectivity index (χ0v) is 10.6. The normalized spacial score (nSPS) is 30.7. The molecule has 2 saturated carbocycles. The first-order chi connectivity index (χ1) is 8.63. The van der Waals surface area contributed by atoms with Gasteiger partial charge >= 0.3 is 0 Å². The predicted octanol–water partition coefficient (Wildman–Crippen LogP) is 2.72. The average Bonchev–Trinajstić information content (AvgIpc) is 2.96. The van der Waals surface area contributed by atoms with Gasteiger partial charge in [0.15, 0.2) is 0 Å². The molecule has 3 unspecified atom stereocenters. The van der Waals surface area contributed by atoms with Crippen LogP contribution in [0, 0.1) is 17.8 Å². The lowest BCUT2D eigenvalue weighted by Crippen LogP contribution is -2.21. The fourth-order valence-corrected chi connectivity index (χ4v) is 3.02. The number of fused-ring (bicyclic) bond motifs is 1. The van der Waals surface area contributed by atoms with Gasteiger partial charge in [0, 0.05) is 11.6 Å². The minimum Gasteiger partial charge on any atom is -0.389 e. The number of aliphatic hydroxyl groups excluding tert-OH is 1. The number of carbonyl (C=O) groups is 1. The van der Waals surface area contributed by atoms with E-state index in [4.69, 9.17) is 0 Å². The molecule has 3 nitrogen and oxygen atoms in total. The van der Waals surface area contributed by atoms with Crippen LogP contribution >= 0.6 is 0 Å². The first-order valence-electron chi connectivity index (χ1n) is 6.72. The van der Waals surface area contributed by atoms with Crippen molar-refractivity contribution in [3.05, 3.63) is 29.8 Å². The Hall–Kier alpha value is -1.35. The van der Waals surface area contributed by atoms with Crippen molar-refractivity contribution in [2.75, 3.05) is 5.32 Å². The van der Waals surface area contributed by atoms with Gasteiger partial charge in [0.25, 0.3) is 0 Å². The SMILES string of the molecule is CC(O)c1ccc(NC(=O)C2CC3CC3C2)cc1. The zero-order valence-electron chi connectivity index (χ0n) is 10.6. The van der Waals surface area contributed by atoms with Crippen molar-refractivity contribution < 1.29 is 9.90 Å². The first kappa shape index (κ1) is 11.7. The van der Waals surface area contributed by atoms with E-state index in [1.165, 1.54) is 6.42 Å². The number of aliphatic hydroxyl groups is 1. The van der Waals surface area contributed by atoms with Gasteiger partial charge in [-0.2, -0.15) is 0 Å². The Bertz CT molecular complexity index is 442. The molecule has 3 atom stereocenters. The standard InChI is InChI=1S/C15H19NO2/c1-9(17)10-2-4-14(5-3-10)16-15(18)13-7-11-6-12(11)8-13/h2-5,9,11-13,17H,6-8H2,1H3,(H,16,18). The number of anilines is 1. The maximum Gasteiger partial charge on any atom is 0.227 e. The molecule has 0 bridgehead atoms. The molecule has 1 aromatic carbocycles. The topological polar surface area (TPSA) is 49.3 Å². The quantitative estimate of drug-likeness (QED) is 0.860. The van der Waals surface area contributed by atoms with E-state index >= 15 is 0 Å². The molecular weight excluding hydrogens is 226 g/mol. The fourth-order valence-electron chi connectivity index (χ4n) is 3.02. The third-order valence-electron chi connectivity index (χ3n) is 4.27. The molecule has 1 amide bonds. The highest BCUT2D eigenvalue weighted by Gasteiger charge is 2.47. The Morgan fingerprint density at radius 1 is 1.22 bits per heavy atom. The van der Waals surface area contributed by atoms with Crippen molar-refractivity contribution >= 4 is 11.6 Å². The minimum absolute atomic E-state index is 0.159. The monoisotopic (exact) mass is 245 g/mol. The van der Waals surface area contributed by atoms with E-state index < -0.39 is 6.10 Å². The van der Waals surface area contributed by atoms with Crippen molar-refractivity contribution in [3.8, 4) is 0 Å². The van der Waals surface area contributed by atoms with E-state index in [2.05, 4.69) is 5.32 Å². The Balaban J connectivity index is 1.60. The van der Waals surface area contributed by atoms with Crippen LogP contribution in [0.3, 0.4) is 0 Å². The molecule has 96 valence electrons. The molecule has 0 aliphatic heterocycles. The van der Waals surface area contributed by atoms with Gasteiger partial charge in [0.05, 0.1) is 6.10 Å². The van der Waals surface area contributed by atoms with E-state index in [9.17, 15) is 9.90 Å². The molecule has 0 radical (unpaired) electrons. The van der Waals surface area contributed by atoms with Crippen LogP contribution in [0.15, 0.2) is 24.3 Å². The number of carbonyl (C=O) groups excluding carboxylic acids is 1. The number of nitrogens with one attached hydrogen (secondary N) is 1. The number of benzene rings is 1. The molecule has 1 aromatic rings. The molecule has 0 heterocycles. The smallest absolute Gasteiger partial charge is 0.227 e. The summed E-state index contributed by atoms with van der Waals surface area (Å²) in [6.07, 6.45) is 3.02. The summed E-state index contributed by atoms with van der Waals surface area (Å²) in [5.74, 6) is 2.04. The Labute approximate surface area is 107 Å². The molecule has 2 aliphatic carbocycles. The van der Waals surface area contributed by atoms with Crippen molar-refractivity contribution in [2.24, 2.45) is 17.8 Å². The second-order valence-corrected chi connectivity index (χ2v) is 5.71. The van der Waals surface area contributed by atoms with Crippen LogP contribution in [0.25, 0.3) is 0 Å². The summed E-state index contributed by atoms with van der Waals surface area (Å²) < 4.78 is 0. The van der Waals surface area contributed by atoms with Crippen molar-refractivity contribution in [3.63, 3.8) is 0 Å². The van der Waals surface area contributed by atoms with Crippen molar-refractivity contribution in [2.45, 2.75) is 32.3 Å². The molecule has 2 aliphatic rings. The largest absolute Gasteiger partial charge is 0.389 e. The Morgan fingerprint density at radius 3 is 2.39 bits per heavy atom. The lowest BCUT2D eigenvalue weighted by molar-refractivity contribution is -0.120. The molecule has 0 aromatic heterocycles. The highest BCUT2D eigenvalue weighted by Crippen LogP contribution is 2.54. The van der Waals surface area contributed by atoms with Gasteiger partial charge in [-0.3, -0.25) is 4.79 Å². The summed E-state index contributed by atoms with van der Waals surface area (Å²) in [4.78, 5) is 12.0.